The minimum atomic E-state index is -4.61. The fourth-order valence-corrected chi connectivity index (χ4v) is 2.70. The van der Waals surface area contributed by atoms with Gasteiger partial charge in [-0.1, -0.05) is 6.07 Å². The molecule has 0 aliphatic heterocycles. The summed E-state index contributed by atoms with van der Waals surface area (Å²) in [5.74, 6) is -0.775. The number of rotatable bonds is 3. The number of aromatic nitrogens is 5. The molecule has 1 amide bonds. The van der Waals surface area contributed by atoms with Gasteiger partial charge in [-0.3, -0.25) is 14.9 Å². The molecule has 0 unspecified atom stereocenters. The molecule has 29 heavy (non-hydrogen) atoms. The lowest BCUT2D eigenvalue weighted by Crippen LogP contribution is -2.15. The van der Waals surface area contributed by atoms with Crippen LogP contribution >= 0.6 is 0 Å². The molecule has 0 saturated carbocycles. The summed E-state index contributed by atoms with van der Waals surface area (Å²) in [5, 5.41) is 9.64. The van der Waals surface area contributed by atoms with Crippen LogP contribution in [0.2, 0.25) is 0 Å². The largest absolute Gasteiger partial charge is 0.434 e. The monoisotopic (exact) mass is 399 g/mol. The zero-order valence-corrected chi connectivity index (χ0v) is 14.5. The number of nitrogen functional groups attached to an aromatic ring is 1. The third-order valence-electron chi connectivity index (χ3n) is 4.05. The van der Waals surface area contributed by atoms with Crippen molar-refractivity contribution >= 4 is 28.3 Å². The van der Waals surface area contributed by atoms with E-state index in [1.807, 2.05) is 6.07 Å². The van der Waals surface area contributed by atoms with E-state index in [1.165, 1.54) is 6.20 Å². The van der Waals surface area contributed by atoms with Crippen molar-refractivity contribution in [3.05, 3.63) is 60.4 Å². The first kappa shape index (κ1) is 18.3. The standard InChI is InChI=1S/C18H12F3N7O/c19-18(20,21)14-7-25-15(8-24-14)26-17(29)16-12-4-9(1-2-13(12)27-28-16)10-3-11(22)6-23-5-10/h1-8H,22H2,(H,27,28)(H,25,26,29). The average Bonchev–Trinajstić information content (AvgIpc) is 3.11. The topological polar surface area (TPSA) is 122 Å². The molecule has 146 valence electrons. The molecule has 0 saturated heterocycles. The Morgan fingerprint density at radius 2 is 1.86 bits per heavy atom. The number of pyridine rings is 1. The molecular weight excluding hydrogens is 387 g/mol. The van der Waals surface area contributed by atoms with Crippen molar-refractivity contribution < 1.29 is 18.0 Å². The molecule has 0 fully saturated rings. The number of anilines is 2. The molecule has 0 aliphatic rings. The molecule has 3 heterocycles. The van der Waals surface area contributed by atoms with Gasteiger partial charge in [-0.25, -0.2) is 9.97 Å². The van der Waals surface area contributed by atoms with E-state index in [0.717, 1.165) is 17.3 Å². The molecular formula is C18H12F3N7O. The fourth-order valence-electron chi connectivity index (χ4n) is 2.70. The van der Waals surface area contributed by atoms with Crippen LogP contribution in [0, 0.1) is 0 Å². The van der Waals surface area contributed by atoms with Gasteiger partial charge in [-0.05, 0) is 23.8 Å². The van der Waals surface area contributed by atoms with E-state index in [4.69, 9.17) is 5.73 Å². The maximum absolute atomic E-state index is 12.6. The predicted molar refractivity (Wildman–Crippen MR) is 98.7 cm³/mol. The first-order valence-corrected chi connectivity index (χ1v) is 8.21. The number of alkyl halides is 3. The van der Waals surface area contributed by atoms with Crippen LogP contribution < -0.4 is 11.1 Å². The lowest BCUT2D eigenvalue weighted by atomic mass is 10.0. The number of hydrogen-bond acceptors (Lipinski definition) is 6. The van der Waals surface area contributed by atoms with Crippen LogP contribution in [-0.2, 0) is 6.18 Å². The summed E-state index contributed by atoms with van der Waals surface area (Å²) < 4.78 is 37.7. The summed E-state index contributed by atoms with van der Waals surface area (Å²) in [4.78, 5) is 23.4. The van der Waals surface area contributed by atoms with Crippen molar-refractivity contribution in [2.45, 2.75) is 6.18 Å². The lowest BCUT2D eigenvalue weighted by molar-refractivity contribution is -0.141. The van der Waals surface area contributed by atoms with Gasteiger partial charge in [-0.2, -0.15) is 18.3 Å². The van der Waals surface area contributed by atoms with Crippen LogP contribution in [-0.4, -0.2) is 31.1 Å². The summed E-state index contributed by atoms with van der Waals surface area (Å²) >= 11 is 0. The Kier molecular flexibility index (Phi) is 4.34. The molecule has 0 atom stereocenters. The highest BCUT2D eigenvalue weighted by atomic mass is 19.4. The Balaban J connectivity index is 1.63. The van der Waals surface area contributed by atoms with Crippen LogP contribution in [0.25, 0.3) is 22.0 Å². The molecule has 4 aromatic rings. The van der Waals surface area contributed by atoms with Crippen LogP contribution in [0.5, 0.6) is 0 Å². The van der Waals surface area contributed by atoms with E-state index >= 15 is 0 Å². The van der Waals surface area contributed by atoms with Crippen molar-refractivity contribution in [3.8, 4) is 11.1 Å². The molecule has 4 N–H and O–H groups in total. The number of carbonyl (C=O) groups is 1. The number of nitrogens with zero attached hydrogens (tertiary/aromatic N) is 4. The number of nitrogens with one attached hydrogen (secondary N) is 2. The maximum atomic E-state index is 12.6. The second kappa shape index (κ2) is 6.86. The molecule has 8 nitrogen and oxygen atoms in total. The van der Waals surface area contributed by atoms with Gasteiger partial charge in [0.05, 0.1) is 23.6 Å². The number of H-pyrrole nitrogens is 1. The third kappa shape index (κ3) is 3.70. The summed E-state index contributed by atoms with van der Waals surface area (Å²) in [6.07, 6.45) is -0.0817. The van der Waals surface area contributed by atoms with Crippen LogP contribution in [0.3, 0.4) is 0 Å². The molecule has 0 spiro atoms. The van der Waals surface area contributed by atoms with Crippen LogP contribution in [0.1, 0.15) is 16.2 Å². The average molecular weight is 399 g/mol. The number of carbonyl (C=O) groups excluding carboxylic acids is 1. The molecule has 11 heteroatoms. The summed E-state index contributed by atoms with van der Waals surface area (Å²) in [7, 11) is 0. The fraction of sp³-hybridized carbons (Fsp3) is 0.0556. The van der Waals surface area contributed by atoms with Crippen LogP contribution in [0.4, 0.5) is 24.7 Å². The Hall–Kier alpha value is -4.02. The molecule has 0 bridgehead atoms. The Bertz CT molecular complexity index is 1200. The molecule has 0 radical (unpaired) electrons. The molecule has 4 rings (SSSR count). The summed E-state index contributed by atoms with van der Waals surface area (Å²) in [5.41, 5.74) is 7.29. The van der Waals surface area contributed by atoms with Gasteiger partial charge in [0, 0.05) is 23.3 Å². The quantitative estimate of drug-likeness (QED) is 0.486. The number of aromatic amines is 1. The second-order valence-corrected chi connectivity index (χ2v) is 6.08. The van der Waals surface area contributed by atoms with Gasteiger partial charge in [0.1, 0.15) is 0 Å². The number of amides is 1. The second-order valence-electron chi connectivity index (χ2n) is 6.08. The number of hydrogen-bond donors (Lipinski definition) is 3. The first-order chi connectivity index (χ1) is 13.8. The minimum Gasteiger partial charge on any atom is -0.397 e. The van der Waals surface area contributed by atoms with Crippen molar-refractivity contribution in [1.29, 1.82) is 0 Å². The first-order valence-electron chi connectivity index (χ1n) is 8.21. The van der Waals surface area contributed by atoms with Crippen molar-refractivity contribution in [1.82, 2.24) is 25.1 Å². The van der Waals surface area contributed by atoms with Gasteiger partial charge in [0.15, 0.2) is 17.2 Å². The van der Waals surface area contributed by atoms with E-state index in [1.54, 1.807) is 24.4 Å². The van der Waals surface area contributed by atoms with E-state index in [9.17, 15) is 18.0 Å². The third-order valence-corrected chi connectivity index (χ3v) is 4.05. The molecule has 0 aliphatic carbocycles. The SMILES string of the molecule is Nc1cncc(-c2ccc3[nH]nc(C(=O)Nc4cnc(C(F)(F)F)cn4)c3c2)c1. The molecule has 1 aromatic carbocycles. The Labute approximate surface area is 161 Å². The predicted octanol–water partition coefficient (Wildman–Crippen LogP) is 3.27. The van der Waals surface area contributed by atoms with Gasteiger partial charge >= 0.3 is 6.18 Å². The smallest absolute Gasteiger partial charge is 0.397 e. The van der Waals surface area contributed by atoms with E-state index in [-0.39, 0.29) is 11.5 Å². The van der Waals surface area contributed by atoms with E-state index in [0.29, 0.717) is 22.8 Å². The van der Waals surface area contributed by atoms with Crippen molar-refractivity contribution in [2.75, 3.05) is 11.1 Å². The highest BCUT2D eigenvalue weighted by Crippen LogP contribution is 2.28. The van der Waals surface area contributed by atoms with Crippen molar-refractivity contribution in [3.63, 3.8) is 0 Å². The van der Waals surface area contributed by atoms with Gasteiger partial charge < -0.3 is 11.1 Å². The van der Waals surface area contributed by atoms with Crippen molar-refractivity contribution in [2.24, 2.45) is 0 Å². The van der Waals surface area contributed by atoms with E-state index in [2.05, 4.69) is 30.5 Å². The summed E-state index contributed by atoms with van der Waals surface area (Å²) in [6, 6.07) is 7.05. The lowest BCUT2D eigenvalue weighted by Gasteiger charge is -2.06. The highest BCUT2D eigenvalue weighted by molar-refractivity contribution is 6.11. The number of benzene rings is 1. The zero-order valence-electron chi connectivity index (χ0n) is 14.5. The Morgan fingerprint density at radius 1 is 1.03 bits per heavy atom. The van der Waals surface area contributed by atoms with Gasteiger partial charge in [-0.15, -0.1) is 0 Å². The normalized spacial score (nSPS) is 11.6. The number of nitrogens with two attached hydrogens (primary N) is 1. The minimum absolute atomic E-state index is 0.0559. The van der Waals surface area contributed by atoms with Crippen LogP contribution in [0.15, 0.2) is 49.1 Å². The van der Waals surface area contributed by atoms with Gasteiger partial charge in [0.25, 0.3) is 5.91 Å². The molecule has 3 aromatic heterocycles. The maximum Gasteiger partial charge on any atom is 0.434 e. The highest BCUT2D eigenvalue weighted by Gasteiger charge is 2.32. The van der Waals surface area contributed by atoms with Gasteiger partial charge in [0.2, 0.25) is 0 Å². The number of fused-ring (bicyclic) bond motifs is 1. The zero-order chi connectivity index (χ0) is 20.6. The Morgan fingerprint density at radius 3 is 2.55 bits per heavy atom. The summed E-state index contributed by atoms with van der Waals surface area (Å²) in [6.45, 7) is 0. The number of halogens is 3. The van der Waals surface area contributed by atoms with E-state index < -0.39 is 17.8 Å².